The zero-order valence-corrected chi connectivity index (χ0v) is 15.4. The normalized spacial score (nSPS) is 27.3. The summed E-state index contributed by atoms with van der Waals surface area (Å²) in [6.07, 6.45) is 4.08. The van der Waals surface area contributed by atoms with Gasteiger partial charge in [-0.3, -0.25) is 9.69 Å². The van der Waals surface area contributed by atoms with Crippen molar-refractivity contribution in [3.63, 3.8) is 0 Å². The van der Waals surface area contributed by atoms with Crippen molar-refractivity contribution in [1.82, 2.24) is 20.4 Å². The number of rotatable bonds is 7. The molecule has 1 aliphatic carbocycles. The maximum Gasteiger partial charge on any atom is 0.324 e. The van der Waals surface area contributed by atoms with Gasteiger partial charge >= 0.3 is 6.03 Å². The summed E-state index contributed by atoms with van der Waals surface area (Å²) >= 11 is 0. The Morgan fingerprint density at radius 1 is 1.48 bits per heavy atom. The van der Waals surface area contributed by atoms with Gasteiger partial charge in [-0.05, 0) is 39.8 Å². The lowest BCUT2D eigenvalue weighted by Gasteiger charge is -2.35. The van der Waals surface area contributed by atoms with Gasteiger partial charge in [0.25, 0.3) is 5.91 Å². The molecule has 1 aliphatic heterocycles. The Hall–Kier alpha value is -1.93. The van der Waals surface area contributed by atoms with Crippen LogP contribution in [0.3, 0.4) is 0 Å². The lowest BCUT2D eigenvalue weighted by atomic mass is 9.73. The summed E-state index contributed by atoms with van der Waals surface area (Å²) in [5, 5.41) is 14.5. The zero-order chi connectivity index (χ0) is 18.6. The van der Waals surface area contributed by atoms with Crippen molar-refractivity contribution in [3.8, 4) is 0 Å². The molecule has 2 rings (SSSR count). The molecule has 1 saturated heterocycles. The van der Waals surface area contributed by atoms with Crippen molar-refractivity contribution in [1.29, 1.82) is 5.41 Å². The van der Waals surface area contributed by atoms with Crippen molar-refractivity contribution in [2.24, 2.45) is 11.7 Å². The van der Waals surface area contributed by atoms with Gasteiger partial charge in [0, 0.05) is 50.1 Å². The van der Waals surface area contributed by atoms with Crippen molar-refractivity contribution in [2.75, 3.05) is 40.8 Å². The number of likely N-dealkylation sites (N-methyl/N-ethyl adjacent to an activating group) is 3. The van der Waals surface area contributed by atoms with Crippen LogP contribution < -0.4 is 16.4 Å². The van der Waals surface area contributed by atoms with Gasteiger partial charge in [0.15, 0.2) is 0 Å². The van der Waals surface area contributed by atoms with Crippen molar-refractivity contribution >= 4 is 17.6 Å². The van der Waals surface area contributed by atoms with E-state index in [0.717, 1.165) is 23.6 Å². The number of carbonyl (C=O) groups is 2. The van der Waals surface area contributed by atoms with E-state index in [1.165, 1.54) is 13.2 Å². The molecule has 1 heterocycles. The molecule has 0 aromatic heterocycles. The van der Waals surface area contributed by atoms with Crippen LogP contribution in [0, 0.1) is 11.3 Å². The van der Waals surface area contributed by atoms with Gasteiger partial charge in [0.05, 0.1) is 0 Å². The molecule has 2 aliphatic rings. The van der Waals surface area contributed by atoms with Crippen LogP contribution in [0.4, 0.5) is 4.79 Å². The SMILES string of the molecule is CNCCN(C)C/C(=C/N)C(=N)C1CCC2(CC1)NC(=O)N(C)C2=O. The van der Waals surface area contributed by atoms with Crippen LogP contribution in [0.2, 0.25) is 0 Å². The van der Waals surface area contributed by atoms with E-state index in [9.17, 15) is 9.59 Å². The highest BCUT2D eigenvalue weighted by molar-refractivity contribution is 6.07. The fraction of sp³-hybridized carbons (Fsp3) is 0.706. The van der Waals surface area contributed by atoms with Gasteiger partial charge in [0.2, 0.25) is 0 Å². The maximum absolute atomic E-state index is 12.3. The predicted molar refractivity (Wildman–Crippen MR) is 97.4 cm³/mol. The Labute approximate surface area is 149 Å². The van der Waals surface area contributed by atoms with Crippen LogP contribution in [-0.2, 0) is 4.79 Å². The number of urea groups is 1. The molecule has 3 amide bonds. The standard InChI is InChI=1S/C17H30N6O2/c1-20-8-9-22(2)11-13(10-18)14(19)12-4-6-17(7-5-12)15(24)23(3)16(25)21-17/h10,12,19-20H,4-9,11,18H2,1-3H3,(H,21,25)/b13-10-,19-14?. The number of nitrogens with one attached hydrogen (secondary N) is 3. The number of nitrogens with zero attached hydrogens (tertiary/aromatic N) is 2. The molecule has 25 heavy (non-hydrogen) atoms. The minimum absolute atomic E-state index is 0.0775. The number of amides is 3. The third-order valence-corrected chi connectivity index (χ3v) is 5.34. The first-order valence-electron chi connectivity index (χ1n) is 8.77. The lowest BCUT2D eigenvalue weighted by Crippen LogP contribution is -2.50. The molecular formula is C17H30N6O2. The highest BCUT2D eigenvalue weighted by Crippen LogP contribution is 2.37. The Bertz CT molecular complexity index is 565. The highest BCUT2D eigenvalue weighted by atomic mass is 16.2. The predicted octanol–water partition coefficient (Wildman–Crippen LogP) is 0.111. The Morgan fingerprint density at radius 3 is 2.60 bits per heavy atom. The van der Waals surface area contributed by atoms with Gasteiger partial charge < -0.3 is 26.7 Å². The van der Waals surface area contributed by atoms with Gasteiger partial charge in [-0.15, -0.1) is 0 Å². The topological polar surface area (TPSA) is 115 Å². The highest BCUT2D eigenvalue weighted by Gasteiger charge is 2.51. The Balaban J connectivity index is 1.94. The molecule has 1 spiro atoms. The second-order valence-corrected chi connectivity index (χ2v) is 7.10. The third-order valence-electron chi connectivity index (χ3n) is 5.34. The van der Waals surface area contributed by atoms with Crippen LogP contribution in [0.1, 0.15) is 25.7 Å². The molecule has 140 valence electrons. The molecule has 8 nitrogen and oxygen atoms in total. The zero-order valence-electron chi connectivity index (χ0n) is 15.4. The molecule has 0 unspecified atom stereocenters. The summed E-state index contributed by atoms with van der Waals surface area (Å²) in [6.45, 7) is 2.39. The van der Waals surface area contributed by atoms with E-state index in [1.54, 1.807) is 0 Å². The summed E-state index contributed by atoms with van der Waals surface area (Å²) in [4.78, 5) is 27.4. The smallest absolute Gasteiger partial charge is 0.324 e. The van der Waals surface area contributed by atoms with Crippen LogP contribution in [0.25, 0.3) is 0 Å². The Kier molecular flexibility index (Phi) is 6.18. The van der Waals surface area contributed by atoms with Crippen molar-refractivity contribution in [2.45, 2.75) is 31.2 Å². The van der Waals surface area contributed by atoms with E-state index in [4.69, 9.17) is 11.1 Å². The molecule has 8 heteroatoms. The molecule has 0 bridgehead atoms. The number of hydrogen-bond donors (Lipinski definition) is 4. The van der Waals surface area contributed by atoms with E-state index >= 15 is 0 Å². The second kappa shape index (κ2) is 7.97. The maximum atomic E-state index is 12.3. The van der Waals surface area contributed by atoms with E-state index < -0.39 is 5.54 Å². The molecule has 0 aromatic rings. The average Bonchev–Trinajstić information content (AvgIpc) is 2.82. The summed E-state index contributed by atoms with van der Waals surface area (Å²) in [5.41, 5.74) is 6.39. The van der Waals surface area contributed by atoms with Crippen molar-refractivity contribution < 1.29 is 9.59 Å². The summed E-state index contributed by atoms with van der Waals surface area (Å²) in [5.74, 6) is -0.0717. The first-order valence-corrected chi connectivity index (χ1v) is 8.77. The summed E-state index contributed by atoms with van der Waals surface area (Å²) in [6, 6.07) is -0.327. The van der Waals surface area contributed by atoms with Crippen molar-refractivity contribution in [3.05, 3.63) is 11.8 Å². The number of hydrogen-bond acceptors (Lipinski definition) is 6. The summed E-state index contributed by atoms with van der Waals surface area (Å²) < 4.78 is 0. The molecule has 0 atom stereocenters. The van der Waals surface area contributed by atoms with Crippen LogP contribution in [0.15, 0.2) is 11.8 Å². The molecular weight excluding hydrogens is 320 g/mol. The number of imide groups is 1. The summed E-state index contributed by atoms with van der Waals surface area (Å²) in [7, 11) is 5.43. The van der Waals surface area contributed by atoms with Gasteiger partial charge in [-0.2, -0.15) is 0 Å². The first kappa shape index (κ1) is 19.4. The van der Waals surface area contributed by atoms with Crippen LogP contribution in [-0.4, -0.2) is 73.8 Å². The van der Waals surface area contributed by atoms with Crippen LogP contribution >= 0.6 is 0 Å². The minimum Gasteiger partial charge on any atom is -0.404 e. The van der Waals surface area contributed by atoms with Gasteiger partial charge in [-0.25, -0.2) is 4.79 Å². The molecule has 2 fully saturated rings. The first-order chi connectivity index (χ1) is 11.8. The fourth-order valence-corrected chi connectivity index (χ4v) is 3.66. The van der Waals surface area contributed by atoms with Gasteiger partial charge in [0.1, 0.15) is 5.54 Å². The average molecular weight is 350 g/mol. The van der Waals surface area contributed by atoms with E-state index in [0.29, 0.717) is 37.9 Å². The molecule has 0 radical (unpaired) electrons. The van der Waals surface area contributed by atoms with Crippen LogP contribution in [0.5, 0.6) is 0 Å². The Morgan fingerprint density at radius 2 is 2.12 bits per heavy atom. The fourth-order valence-electron chi connectivity index (χ4n) is 3.66. The van der Waals surface area contributed by atoms with E-state index in [2.05, 4.69) is 15.5 Å². The molecule has 5 N–H and O–H groups in total. The molecule has 1 saturated carbocycles. The largest absolute Gasteiger partial charge is 0.404 e. The quantitative estimate of drug-likeness (QED) is 0.384. The number of nitrogens with two attached hydrogens (primary N) is 1. The minimum atomic E-state index is -0.765. The van der Waals surface area contributed by atoms with E-state index in [-0.39, 0.29) is 17.9 Å². The third kappa shape index (κ3) is 4.01. The second-order valence-electron chi connectivity index (χ2n) is 7.10. The van der Waals surface area contributed by atoms with E-state index in [1.807, 2.05) is 14.1 Å². The lowest BCUT2D eigenvalue weighted by molar-refractivity contribution is -0.131. The van der Waals surface area contributed by atoms with Gasteiger partial charge in [-0.1, -0.05) is 0 Å². The monoisotopic (exact) mass is 350 g/mol. The number of carbonyl (C=O) groups excluding carboxylic acids is 2. The molecule has 0 aromatic carbocycles.